The molecule has 0 amide bonds. The van der Waals surface area contributed by atoms with Crippen molar-refractivity contribution in [1.29, 1.82) is 0 Å². The quantitative estimate of drug-likeness (QED) is 0.661. The third-order valence-electron chi connectivity index (χ3n) is 4.37. The van der Waals surface area contributed by atoms with Crippen molar-refractivity contribution >= 4 is 29.4 Å². The Kier molecular flexibility index (Phi) is 5.00. The van der Waals surface area contributed by atoms with E-state index in [1.54, 1.807) is 0 Å². The van der Waals surface area contributed by atoms with Gasteiger partial charge in [-0.3, -0.25) is 9.56 Å². The molecule has 7 heteroatoms. The topological polar surface area (TPSA) is 46.3 Å². The van der Waals surface area contributed by atoms with Gasteiger partial charge in [-0.05, 0) is 55.6 Å². The number of benzene rings is 2. The lowest BCUT2D eigenvalue weighted by molar-refractivity contribution is 0.402. The molecule has 3 aromatic rings. The highest BCUT2D eigenvalue weighted by atomic mass is 35.5. The summed E-state index contributed by atoms with van der Waals surface area (Å²) < 4.78 is 2.07. The van der Waals surface area contributed by atoms with Gasteiger partial charge in [-0.1, -0.05) is 29.3 Å². The van der Waals surface area contributed by atoms with Crippen molar-refractivity contribution < 1.29 is 0 Å². The number of aromatic nitrogens is 3. The summed E-state index contributed by atoms with van der Waals surface area (Å²) in [4.78, 5) is 6.56. The summed E-state index contributed by atoms with van der Waals surface area (Å²) in [6.07, 6.45) is 2.48. The summed E-state index contributed by atoms with van der Waals surface area (Å²) in [7, 11) is 4.09. The molecular weight excluding hydrogens is 381 g/mol. The minimum Gasteiger partial charge on any atom is -0.305 e. The summed E-state index contributed by atoms with van der Waals surface area (Å²) in [6.45, 7) is 1.32. The number of hydrogen-bond acceptors (Lipinski definition) is 4. The Bertz CT molecular complexity index is 1020. The van der Waals surface area contributed by atoms with E-state index in [0.717, 1.165) is 40.0 Å². The summed E-state index contributed by atoms with van der Waals surface area (Å²) in [5, 5.41) is 10.2. The van der Waals surface area contributed by atoms with Gasteiger partial charge in [-0.25, -0.2) is 0 Å². The van der Waals surface area contributed by atoms with Crippen LogP contribution >= 0.6 is 23.2 Å². The first kappa shape index (κ1) is 18.2. The first-order valence-corrected chi connectivity index (χ1v) is 9.41. The van der Waals surface area contributed by atoms with Crippen LogP contribution < -0.4 is 0 Å². The molecule has 27 heavy (non-hydrogen) atoms. The molecule has 0 aliphatic carbocycles. The van der Waals surface area contributed by atoms with Crippen LogP contribution in [0.15, 0.2) is 41.4 Å². The molecule has 0 saturated heterocycles. The van der Waals surface area contributed by atoms with Gasteiger partial charge in [-0.15, -0.1) is 10.2 Å². The molecule has 0 bridgehead atoms. The number of fused-ring (bicyclic) bond motifs is 3. The third kappa shape index (κ3) is 3.90. The Balaban J connectivity index is 1.74. The van der Waals surface area contributed by atoms with Gasteiger partial charge in [0, 0.05) is 34.8 Å². The van der Waals surface area contributed by atoms with Gasteiger partial charge in [0.25, 0.3) is 0 Å². The molecule has 1 aliphatic rings. The maximum absolute atomic E-state index is 6.35. The van der Waals surface area contributed by atoms with E-state index in [1.807, 2.05) is 50.6 Å². The second-order valence-corrected chi connectivity index (χ2v) is 7.80. The molecule has 1 aliphatic heterocycles. The molecule has 2 aromatic carbocycles. The van der Waals surface area contributed by atoms with Crippen molar-refractivity contribution in [1.82, 2.24) is 19.7 Å². The van der Waals surface area contributed by atoms with Crippen molar-refractivity contribution in [3.8, 4) is 5.69 Å². The predicted molar refractivity (Wildman–Crippen MR) is 109 cm³/mol. The van der Waals surface area contributed by atoms with Crippen LogP contribution in [0.1, 0.15) is 28.3 Å². The van der Waals surface area contributed by atoms with Gasteiger partial charge in [0.2, 0.25) is 0 Å². The lowest BCUT2D eigenvalue weighted by Crippen LogP contribution is -2.11. The maximum Gasteiger partial charge on any atom is 0.159 e. The van der Waals surface area contributed by atoms with Crippen LogP contribution in [0.4, 0.5) is 0 Å². The highest BCUT2D eigenvalue weighted by Gasteiger charge is 2.19. The molecule has 4 rings (SSSR count). The Morgan fingerprint density at radius 3 is 2.63 bits per heavy atom. The van der Waals surface area contributed by atoms with Gasteiger partial charge in [0.05, 0.1) is 12.2 Å². The lowest BCUT2D eigenvalue weighted by Gasteiger charge is -2.13. The third-order valence-corrected chi connectivity index (χ3v) is 4.82. The predicted octanol–water partition coefficient (Wildman–Crippen LogP) is 4.16. The average Bonchev–Trinajstić information content (AvgIpc) is 2.87. The SMILES string of the molecule is CN(C)Cc1cc(Cl)cc(Cc2nnc3n2-c2ccc(Cl)cc2C=NC3)c1. The maximum atomic E-state index is 6.35. The highest BCUT2D eigenvalue weighted by molar-refractivity contribution is 6.31. The fraction of sp³-hybridized carbons (Fsp3) is 0.250. The normalized spacial score (nSPS) is 12.8. The Morgan fingerprint density at radius 2 is 1.81 bits per heavy atom. The van der Waals surface area contributed by atoms with Crippen LogP contribution in [0.2, 0.25) is 10.0 Å². The number of hydrogen-bond donors (Lipinski definition) is 0. The van der Waals surface area contributed by atoms with E-state index < -0.39 is 0 Å². The number of rotatable bonds is 4. The van der Waals surface area contributed by atoms with E-state index in [2.05, 4.69) is 30.7 Å². The summed E-state index contributed by atoms with van der Waals surface area (Å²) >= 11 is 12.5. The Morgan fingerprint density at radius 1 is 1.00 bits per heavy atom. The fourth-order valence-corrected chi connectivity index (χ4v) is 3.83. The number of halogens is 2. The van der Waals surface area contributed by atoms with Gasteiger partial charge < -0.3 is 4.90 Å². The van der Waals surface area contributed by atoms with E-state index in [0.29, 0.717) is 18.0 Å². The second-order valence-electron chi connectivity index (χ2n) is 6.92. The monoisotopic (exact) mass is 399 g/mol. The molecule has 5 nitrogen and oxygen atoms in total. The van der Waals surface area contributed by atoms with E-state index in [4.69, 9.17) is 23.2 Å². The van der Waals surface area contributed by atoms with E-state index >= 15 is 0 Å². The fourth-order valence-electron chi connectivity index (χ4n) is 3.37. The molecule has 2 heterocycles. The van der Waals surface area contributed by atoms with Crippen LogP contribution in [0.25, 0.3) is 5.69 Å². The minimum absolute atomic E-state index is 0.487. The molecule has 1 aromatic heterocycles. The van der Waals surface area contributed by atoms with Crippen molar-refractivity contribution in [3.05, 3.63) is 74.8 Å². The number of nitrogens with zero attached hydrogens (tertiary/aromatic N) is 5. The van der Waals surface area contributed by atoms with Crippen molar-refractivity contribution in [2.45, 2.75) is 19.5 Å². The molecule has 0 saturated carbocycles. The smallest absolute Gasteiger partial charge is 0.159 e. The Labute approximate surface area is 168 Å². The van der Waals surface area contributed by atoms with Crippen LogP contribution in [-0.2, 0) is 19.5 Å². The van der Waals surface area contributed by atoms with E-state index in [1.165, 1.54) is 5.56 Å². The van der Waals surface area contributed by atoms with Gasteiger partial charge >= 0.3 is 0 Å². The van der Waals surface area contributed by atoms with Crippen LogP contribution in [-0.4, -0.2) is 40.0 Å². The average molecular weight is 400 g/mol. The zero-order chi connectivity index (χ0) is 19.0. The molecule has 0 N–H and O–H groups in total. The Hall–Kier alpha value is -2.21. The molecule has 138 valence electrons. The van der Waals surface area contributed by atoms with Crippen LogP contribution in [0.5, 0.6) is 0 Å². The first-order valence-electron chi connectivity index (χ1n) is 8.65. The summed E-state index contributed by atoms with van der Waals surface area (Å²) in [5.41, 5.74) is 4.23. The minimum atomic E-state index is 0.487. The zero-order valence-electron chi connectivity index (χ0n) is 15.2. The largest absolute Gasteiger partial charge is 0.305 e. The molecule has 0 unspecified atom stereocenters. The second kappa shape index (κ2) is 7.43. The summed E-state index contributed by atoms with van der Waals surface area (Å²) in [5.74, 6) is 1.68. The molecule has 0 atom stereocenters. The molecular formula is C20H19Cl2N5. The lowest BCUT2D eigenvalue weighted by atomic mass is 10.1. The highest BCUT2D eigenvalue weighted by Crippen LogP contribution is 2.25. The standard InChI is InChI=1S/C20H19Cl2N5/c1-26(2)12-14-5-13(6-17(22)7-14)8-19-24-25-20-11-23-10-15-9-16(21)3-4-18(15)27(19)20/h3-7,9-10H,8,11-12H2,1-2H3. The van der Waals surface area contributed by atoms with E-state index in [-0.39, 0.29) is 0 Å². The molecule has 0 radical (unpaired) electrons. The molecule has 0 spiro atoms. The first-order chi connectivity index (χ1) is 13.0. The number of aliphatic imine (C=N–C) groups is 1. The van der Waals surface area contributed by atoms with Crippen molar-refractivity contribution in [2.24, 2.45) is 4.99 Å². The summed E-state index contributed by atoms with van der Waals surface area (Å²) in [6, 6.07) is 11.9. The van der Waals surface area contributed by atoms with Crippen molar-refractivity contribution in [2.75, 3.05) is 14.1 Å². The van der Waals surface area contributed by atoms with Gasteiger partial charge in [-0.2, -0.15) is 0 Å². The molecule has 0 fully saturated rings. The van der Waals surface area contributed by atoms with Crippen LogP contribution in [0, 0.1) is 0 Å². The zero-order valence-corrected chi connectivity index (χ0v) is 16.7. The van der Waals surface area contributed by atoms with Crippen molar-refractivity contribution in [3.63, 3.8) is 0 Å². The van der Waals surface area contributed by atoms with Gasteiger partial charge in [0.15, 0.2) is 5.82 Å². The van der Waals surface area contributed by atoms with Crippen LogP contribution in [0.3, 0.4) is 0 Å². The van der Waals surface area contributed by atoms with E-state index in [9.17, 15) is 0 Å². The van der Waals surface area contributed by atoms with Gasteiger partial charge in [0.1, 0.15) is 5.82 Å².